The van der Waals surface area contributed by atoms with E-state index in [1.54, 1.807) is 58.9 Å². The van der Waals surface area contributed by atoms with E-state index >= 15 is 0 Å². The van der Waals surface area contributed by atoms with E-state index in [1.807, 2.05) is 6.07 Å². The van der Waals surface area contributed by atoms with Crippen LogP contribution in [0.25, 0.3) is 0 Å². The Balaban J connectivity index is 2.39. The number of alkyl carbamates (subject to hydrolysis) is 1. The first-order valence-corrected chi connectivity index (χ1v) is 7.09. The van der Waals surface area contributed by atoms with Crippen molar-refractivity contribution in [1.82, 2.24) is 10.8 Å². The van der Waals surface area contributed by atoms with Crippen molar-refractivity contribution in [3.05, 3.63) is 35.9 Å². The van der Waals surface area contributed by atoms with Gasteiger partial charge in [0.2, 0.25) is 0 Å². The van der Waals surface area contributed by atoms with Crippen LogP contribution in [0, 0.1) is 0 Å². The van der Waals surface area contributed by atoms with Crippen molar-refractivity contribution in [2.75, 3.05) is 6.54 Å². The molecule has 1 rings (SSSR count). The Hall–Kier alpha value is -2.08. The Bertz CT molecular complexity index is 507. The largest absolute Gasteiger partial charge is 0.444 e. The van der Waals surface area contributed by atoms with E-state index in [0.717, 1.165) is 0 Å². The van der Waals surface area contributed by atoms with Crippen molar-refractivity contribution in [3.8, 4) is 0 Å². The number of hydrogen-bond acceptors (Lipinski definition) is 5. The fraction of sp³-hybridized carbons (Fsp3) is 0.500. The van der Waals surface area contributed by atoms with Crippen LogP contribution in [0.3, 0.4) is 0 Å². The third-order valence-corrected chi connectivity index (χ3v) is 2.53. The van der Waals surface area contributed by atoms with Gasteiger partial charge in [-0.1, -0.05) is 18.2 Å². The maximum Gasteiger partial charge on any atom is 0.408 e. The summed E-state index contributed by atoms with van der Waals surface area (Å²) in [5.41, 5.74) is 1.82. The van der Waals surface area contributed by atoms with Gasteiger partial charge in [0.1, 0.15) is 5.60 Å². The van der Waals surface area contributed by atoms with Crippen LogP contribution in [0.1, 0.15) is 45.0 Å². The SMILES string of the molecule is CC(C)(CNOC(=O)c1ccccc1)NC(=O)OC(C)(C)C. The summed E-state index contributed by atoms with van der Waals surface area (Å²) in [5.74, 6) is -0.478. The lowest BCUT2D eigenvalue weighted by Gasteiger charge is -2.28. The average molecular weight is 308 g/mol. The molecule has 1 aromatic rings. The highest BCUT2D eigenvalue weighted by molar-refractivity contribution is 5.89. The number of ether oxygens (including phenoxy) is 1. The molecule has 22 heavy (non-hydrogen) atoms. The molecule has 6 heteroatoms. The van der Waals surface area contributed by atoms with E-state index in [2.05, 4.69) is 10.8 Å². The van der Waals surface area contributed by atoms with Crippen molar-refractivity contribution in [2.24, 2.45) is 0 Å². The Morgan fingerprint density at radius 1 is 1.05 bits per heavy atom. The Kier molecular flexibility index (Phi) is 5.93. The molecular weight excluding hydrogens is 284 g/mol. The normalized spacial score (nSPS) is 11.7. The molecule has 0 aliphatic heterocycles. The molecule has 6 nitrogen and oxygen atoms in total. The van der Waals surface area contributed by atoms with E-state index in [9.17, 15) is 9.59 Å². The summed E-state index contributed by atoms with van der Waals surface area (Å²) in [4.78, 5) is 28.4. The summed E-state index contributed by atoms with van der Waals surface area (Å²) < 4.78 is 5.18. The van der Waals surface area contributed by atoms with Crippen LogP contribution in [0.2, 0.25) is 0 Å². The van der Waals surface area contributed by atoms with E-state index in [4.69, 9.17) is 9.57 Å². The molecule has 1 amide bonds. The van der Waals surface area contributed by atoms with Gasteiger partial charge in [0, 0.05) is 0 Å². The summed E-state index contributed by atoms with van der Waals surface area (Å²) in [6.45, 7) is 9.20. The molecule has 122 valence electrons. The zero-order valence-corrected chi connectivity index (χ0v) is 13.7. The number of benzene rings is 1. The highest BCUT2D eigenvalue weighted by Crippen LogP contribution is 2.09. The fourth-order valence-corrected chi connectivity index (χ4v) is 1.54. The van der Waals surface area contributed by atoms with Crippen molar-refractivity contribution in [1.29, 1.82) is 0 Å². The van der Waals surface area contributed by atoms with Crippen LogP contribution in [0.4, 0.5) is 4.79 Å². The van der Waals surface area contributed by atoms with Crippen molar-refractivity contribution in [2.45, 2.75) is 45.8 Å². The second-order valence-electron chi connectivity index (χ2n) is 6.59. The lowest BCUT2D eigenvalue weighted by molar-refractivity contribution is 0.0186. The van der Waals surface area contributed by atoms with Gasteiger partial charge in [-0.3, -0.25) is 0 Å². The smallest absolute Gasteiger partial charge is 0.408 e. The van der Waals surface area contributed by atoms with E-state index in [0.29, 0.717) is 5.56 Å². The predicted molar refractivity (Wildman–Crippen MR) is 83.3 cm³/mol. The highest BCUT2D eigenvalue weighted by Gasteiger charge is 2.25. The molecule has 0 aliphatic carbocycles. The third kappa shape index (κ3) is 7.08. The van der Waals surface area contributed by atoms with Gasteiger partial charge in [-0.25, -0.2) is 9.59 Å². The molecule has 0 saturated heterocycles. The fourth-order valence-electron chi connectivity index (χ4n) is 1.54. The number of hydroxylamine groups is 1. The van der Waals surface area contributed by atoms with Crippen LogP contribution in [0.15, 0.2) is 30.3 Å². The van der Waals surface area contributed by atoms with Crippen LogP contribution in [-0.4, -0.2) is 29.7 Å². The molecule has 0 aliphatic rings. The molecule has 0 aromatic heterocycles. The number of hydrogen-bond donors (Lipinski definition) is 2. The van der Waals surface area contributed by atoms with Crippen molar-refractivity contribution >= 4 is 12.1 Å². The highest BCUT2D eigenvalue weighted by atomic mass is 16.7. The van der Waals surface area contributed by atoms with Crippen LogP contribution < -0.4 is 10.8 Å². The first kappa shape index (κ1) is 18.0. The first-order chi connectivity index (χ1) is 10.1. The van der Waals surface area contributed by atoms with Gasteiger partial charge >= 0.3 is 12.1 Å². The zero-order chi connectivity index (χ0) is 16.8. The monoisotopic (exact) mass is 308 g/mol. The van der Waals surface area contributed by atoms with E-state index < -0.39 is 23.2 Å². The van der Waals surface area contributed by atoms with E-state index in [1.165, 1.54) is 0 Å². The minimum absolute atomic E-state index is 0.241. The maximum atomic E-state index is 11.7. The summed E-state index contributed by atoms with van der Waals surface area (Å²) >= 11 is 0. The van der Waals surface area contributed by atoms with E-state index in [-0.39, 0.29) is 6.54 Å². The van der Waals surface area contributed by atoms with Crippen molar-refractivity contribution < 1.29 is 19.2 Å². The number of nitrogens with one attached hydrogen (secondary N) is 2. The van der Waals surface area contributed by atoms with Gasteiger partial charge in [0.05, 0.1) is 17.6 Å². The number of rotatable bonds is 5. The molecule has 0 atom stereocenters. The standard InChI is InChI=1S/C16H24N2O4/c1-15(2,3)21-14(20)18-16(4,5)11-17-22-13(19)12-9-7-6-8-10-12/h6-10,17H,11H2,1-5H3,(H,18,20). The lowest BCUT2D eigenvalue weighted by Crippen LogP contribution is -2.51. The molecule has 0 heterocycles. The summed E-state index contributed by atoms with van der Waals surface area (Å²) in [6, 6.07) is 8.65. The lowest BCUT2D eigenvalue weighted by atomic mass is 10.1. The zero-order valence-electron chi connectivity index (χ0n) is 13.7. The summed E-state index contributed by atoms with van der Waals surface area (Å²) in [7, 11) is 0. The van der Waals surface area contributed by atoms with Crippen LogP contribution in [-0.2, 0) is 9.57 Å². The Labute approximate surface area is 131 Å². The average Bonchev–Trinajstić information content (AvgIpc) is 2.36. The van der Waals surface area contributed by atoms with Crippen LogP contribution >= 0.6 is 0 Å². The Morgan fingerprint density at radius 3 is 2.18 bits per heavy atom. The number of carbonyl (C=O) groups is 2. The van der Waals surface area contributed by atoms with Crippen LogP contribution in [0.5, 0.6) is 0 Å². The van der Waals surface area contributed by atoms with Gasteiger partial charge in [-0.15, -0.1) is 0 Å². The van der Waals surface area contributed by atoms with Gasteiger partial charge in [-0.05, 0) is 46.8 Å². The second kappa shape index (κ2) is 7.26. The molecule has 0 saturated carbocycles. The molecule has 0 radical (unpaired) electrons. The van der Waals surface area contributed by atoms with Crippen molar-refractivity contribution in [3.63, 3.8) is 0 Å². The Morgan fingerprint density at radius 2 is 1.64 bits per heavy atom. The predicted octanol–water partition coefficient (Wildman–Crippen LogP) is 2.65. The molecule has 2 N–H and O–H groups in total. The molecule has 0 fully saturated rings. The van der Waals surface area contributed by atoms with Gasteiger partial charge in [0.25, 0.3) is 0 Å². The second-order valence-corrected chi connectivity index (χ2v) is 6.59. The van der Waals surface area contributed by atoms with Gasteiger partial charge in [0.15, 0.2) is 0 Å². The molecule has 1 aromatic carbocycles. The van der Waals surface area contributed by atoms with Gasteiger partial charge < -0.3 is 14.9 Å². The summed E-state index contributed by atoms with van der Waals surface area (Å²) in [6.07, 6.45) is -0.520. The quantitative estimate of drug-likeness (QED) is 0.818. The molecule has 0 spiro atoms. The minimum Gasteiger partial charge on any atom is -0.444 e. The minimum atomic E-state index is -0.640. The summed E-state index contributed by atoms with van der Waals surface area (Å²) in [5, 5.41) is 2.71. The first-order valence-electron chi connectivity index (χ1n) is 7.09. The molecule has 0 unspecified atom stereocenters. The molecular formula is C16H24N2O4. The number of amides is 1. The van der Waals surface area contributed by atoms with Gasteiger partial charge in [-0.2, -0.15) is 5.48 Å². The topological polar surface area (TPSA) is 76.7 Å². The maximum absolute atomic E-state index is 11.7. The number of carbonyl (C=O) groups excluding carboxylic acids is 2. The molecule has 0 bridgehead atoms. The third-order valence-electron chi connectivity index (χ3n) is 2.53.